The van der Waals surface area contributed by atoms with Crippen LogP contribution in [0.4, 0.5) is 0 Å². The van der Waals surface area contributed by atoms with Gasteiger partial charge in [0.15, 0.2) is 0 Å². The maximum atomic E-state index is 13.3. The standard InChI is InChI=1S/C24H27N3O3/c1-16-6-2-5-9-20(16)24(30)26-12-10-17(11-13-26)23(29)27-15-19-8-4-3-7-18(19)14-21(27)22(25)28/h2-9,17,21H,10-15H2,1H3,(H2,25,28)/t21-/m1/s1. The predicted molar refractivity (Wildman–Crippen MR) is 113 cm³/mol. The first-order valence-corrected chi connectivity index (χ1v) is 10.5. The quantitative estimate of drug-likeness (QED) is 0.850. The number of likely N-dealkylation sites (tertiary alicyclic amines) is 1. The molecule has 1 saturated heterocycles. The van der Waals surface area contributed by atoms with Gasteiger partial charge in [-0.3, -0.25) is 14.4 Å². The van der Waals surface area contributed by atoms with Crippen molar-refractivity contribution >= 4 is 17.7 Å². The molecule has 2 aliphatic heterocycles. The number of benzene rings is 2. The van der Waals surface area contributed by atoms with Gasteiger partial charge in [-0.2, -0.15) is 0 Å². The maximum absolute atomic E-state index is 13.3. The van der Waals surface area contributed by atoms with Gasteiger partial charge in [-0.1, -0.05) is 42.5 Å². The van der Waals surface area contributed by atoms with Crippen LogP contribution in [0.5, 0.6) is 0 Å². The molecule has 0 aromatic heterocycles. The number of carbonyl (C=O) groups excluding carboxylic acids is 3. The molecular formula is C24H27N3O3. The summed E-state index contributed by atoms with van der Waals surface area (Å²) < 4.78 is 0. The number of hydrogen-bond acceptors (Lipinski definition) is 3. The normalized spacial score (nSPS) is 19.3. The van der Waals surface area contributed by atoms with E-state index in [0.717, 1.165) is 16.7 Å². The third-order valence-electron chi connectivity index (χ3n) is 6.37. The second kappa shape index (κ2) is 8.30. The third kappa shape index (κ3) is 3.82. The number of nitrogens with zero attached hydrogens (tertiary/aromatic N) is 2. The molecule has 4 rings (SSSR count). The van der Waals surface area contributed by atoms with Gasteiger partial charge in [0.2, 0.25) is 11.8 Å². The van der Waals surface area contributed by atoms with Crippen molar-refractivity contribution < 1.29 is 14.4 Å². The molecular weight excluding hydrogens is 378 g/mol. The van der Waals surface area contributed by atoms with Gasteiger partial charge in [0.25, 0.3) is 5.91 Å². The van der Waals surface area contributed by atoms with E-state index in [0.29, 0.717) is 44.5 Å². The van der Waals surface area contributed by atoms with Gasteiger partial charge < -0.3 is 15.5 Å². The topological polar surface area (TPSA) is 83.7 Å². The van der Waals surface area contributed by atoms with Crippen molar-refractivity contribution in [1.82, 2.24) is 9.80 Å². The van der Waals surface area contributed by atoms with Gasteiger partial charge in [0, 0.05) is 37.5 Å². The molecule has 3 amide bonds. The van der Waals surface area contributed by atoms with E-state index >= 15 is 0 Å². The van der Waals surface area contributed by atoms with Crippen LogP contribution >= 0.6 is 0 Å². The smallest absolute Gasteiger partial charge is 0.254 e. The average molecular weight is 405 g/mol. The highest BCUT2D eigenvalue weighted by atomic mass is 16.2. The van der Waals surface area contributed by atoms with Crippen LogP contribution in [-0.4, -0.2) is 46.7 Å². The van der Waals surface area contributed by atoms with Crippen molar-refractivity contribution in [2.75, 3.05) is 13.1 Å². The average Bonchev–Trinajstić information content (AvgIpc) is 2.77. The molecule has 156 valence electrons. The molecule has 0 aliphatic carbocycles. The first-order valence-electron chi connectivity index (χ1n) is 10.5. The Hall–Kier alpha value is -3.15. The molecule has 0 spiro atoms. The molecule has 1 atom stereocenters. The van der Waals surface area contributed by atoms with Crippen LogP contribution < -0.4 is 5.73 Å². The number of carbonyl (C=O) groups is 3. The summed E-state index contributed by atoms with van der Waals surface area (Å²) in [6.07, 6.45) is 1.65. The lowest BCUT2D eigenvalue weighted by Gasteiger charge is -2.39. The largest absolute Gasteiger partial charge is 0.368 e. The summed E-state index contributed by atoms with van der Waals surface area (Å²) in [6, 6.07) is 14.8. The van der Waals surface area contributed by atoms with Crippen molar-refractivity contribution in [3.05, 3.63) is 70.8 Å². The van der Waals surface area contributed by atoms with Gasteiger partial charge in [-0.25, -0.2) is 0 Å². The van der Waals surface area contributed by atoms with Crippen LogP contribution in [0.1, 0.15) is 39.9 Å². The van der Waals surface area contributed by atoms with Crippen molar-refractivity contribution in [1.29, 1.82) is 0 Å². The Labute approximate surface area is 176 Å². The fourth-order valence-electron chi connectivity index (χ4n) is 4.56. The van der Waals surface area contributed by atoms with Gasteiger partial charge >= 0.3 is 0 Å². The molecule has 2 aromatic carbocycles. The Morgan fingerprint density at radius 1 is 0.933 bits per heavy atom. The highest BCUT2D eigenvalue weighted by molar-refractivity contribution is 5.96. The zero-order chi connectivity index (χ0) is 21.3. The van der Waals surface area contributed by atoms with E-state index in [1.807, 2.05) is 60.4 Å². The summed E-state index contributed by atoms with van der Waals surface area (Å²) in [4.78, 5) is 41.7. The number of hydrogen-bond donors (Lipinski definition) is 1. The van der Waals surface area contributed by atoms with E-state index in [1.54, 1.807) is 4.90 Å². The number of amides is 3. The second-order valence-corrected chi connectivity index (χ2v) is 8.24. The van der Waals surface area contributed by atoms with E-state index in [4.69, 9.17) is 5.73 Å². The molecule has 2 aromatic rings. The monoisotopic (exact) mass is 405 g/mol. The predicted octanol–water partition coefficient (Wildman–Crippen LogP) is 2.29. The van der Waals surface area contributed by atoms with Crippen molar-refractivity contribution in [2.24, 2.45) is 11.7 Å². The van der Waals surface area contributed by atoms with Crippen LogP contribution in [0.3, 0.4) is 0 Å². The van der Waals surface area contributed by atoms with E-state index in [-0.39, 0.29) is 17.7 Å². The maximum Gasteiger partial charge on any atom is 0.254 e. The SMILES string of the molecule is Cc1ccccc1C(=O)N1CCC(C(=O)N2Cc3ccccc3C[C@@H]2C(N)=O)CC1. The van der Waals surface area contributed by atoms with Gasteiger partial charge in [-0.05, 0) is 42.5 Å². The Morgan fingerprint density at radius 3 is 2.23 bits per heavy atom. The van der Waals surface area contributed by atoms with Crippen LogP contribution in [0.25, 0.3) is 0 Å². The Kier molecular flexibility index (Phi) is 5.57. The molecule has 2 aliphatic rings. The summed E-state index contributed by atoms with van der Waals surface area (Å²) >= 11 is 0. The summed E-state index contributed by atoms with van der Waals surface area (Å²) in [5.41, 5.74) is 9.44. The molecule has 2 heterocycles. The molecule has 1 fully saturated rings. The highest BCUT2D eigenvalue weighted by Crippen LogP contribution is 2.28. The molecule has 6 nitrogen and oxygen atoms in total. The van der Waals surface area contributed by atoms with Gasteiger partial charge in [0.05, 0.1) is 0 Å². The molecule has 0 unspecified atom stereocenters. The fraction of sp³-hybridized carbons (Fsp3) is 0.375. The Bertz CT molecular complexity index is 979. The summed E-state index contributed by atoms with van der Waals surface area (Å²) in [5.74, 6) is -0.680. The van der Waals surface area contributed by atoms with E-state index in [9.17, 15) is 14.4 Å². The van der Waals surface area contributed by atoms with E-state index in [1.165, 1.54) is 0 Å². The first kappa shape index (κ1) is 20.1. The number of rotatable bonds is 3. The highest BCUT2D eigenvalue weighted by Gasteiger charge is 2.38. The van der Waals surface area contributed by atoms with Crippen molar-refractivity contribution in [2.45, 2.75) is 38.8 Å². The van der Waals surface area contributed by atoms with Crippen LogP contribution in [0.2, 0.25) is 0 Å². The van der Waals surface area contributed by atoms with Crippen LogP contribution in [0.15, 0.2) is 48.5 Å². The lowest BCUT2D eigenvalue weighted by atomic mass is 9.89. The lowest BCUT2D eigenvalue weighted by Crippen LogP contribution is -2.54. The first-order chi connectivity index (χ1) is 14.5. The van der Waals surface area contributed by atoms with Crippen molar-refractivity contribution in [3.8, 4) is 0 Å². The van der Waals surface area contributed by atoms with Crippen LogP contribution in [-0.2, 0) is 22.6 Å². The minimum Gasteiger partial charge on any atom is -0.368 e. The number of aryl methyl sites for hydroxylation is 1. The Morgan fingerprint density at radius 2 is 1.57 bits per heavy atom. The zero-order valence-corrected chi connectivity index (χ0v) is 17.2. The molecule has 2 N–H and O–H groups in total. The molecule has 6 heteroatoms. The Balaban J connectivity index is 1.44. The summed E-state index contributed by atoms with van der Waals surface area (Å²) in [6.45, 7) is 3.41. The van der Waals surface area contributed by atoms with Gasteiger partial charge in [-0.15, -0.1) is 0 Å². The molecule has 0 bridgehead atoms. The summed E-state index contributed by atoms with van der Waals surface area (Å²) in [7, 11) is 0. The molecule has 30 heavy (non-hydrogen) atoms. The molecule has 0 saturated carbocycles. The number of piperidine rings is 1. The second-order valence-electron chi connectivity index (χ2n) is 8.24. The van der Waals surface area contributed by atoms with E-state index in [2.05, 4.69) is 0 Å². The van der Waals surface area contributed by atoms with Crippen LogP contribution in [0, 0.1) is 12.8 Å². The zero-order valence-electron chi connectivity index (χ0n) is 17.2. The van der Waals surface area contributed by atoms with Crippen molar-refractivity contribution in [3.63, 3.8) is 0 Å². The fourth-order valence-corrected chi connectivity index (χ4v) is 4.56. The lowest BCUT2D eigenvalue weighted by molar-refractivity contribution is -0.145. The number of fused-ring (bicyclic) bond motifs is 1. The number of primary amides is 1. The number of nitrogens with two attached hydrogens (primary N) is 1. The summed E-state index contributed by atoms with van der Waals surface area (Å²) in [5, 5.41) is 0. The van der Waals surface area contributed by atoms with E-state index < -0.39 is 11.9 Å². The van der Waals surface area contributed by atoms with Gasteiger partial charge in [0.1, 0.15) is 6.04 Å². The minimum atomic E-state index is -0.612. The third-order valence-corrected chi connectivity index (χ3v) is 6.37. The minimum absolute atomic E-state index is 0.0147. The molecule has 0 radical (unpaired) electrons.